The van der Waals surface area contributed by atoms with Crippen LogP contribution in [0.15, 0.2) is 24.3 Å². The summed E-state index contributed by atoms with van der Waals surface area (Å²) in [5.41, 5.74) is 0.705. The minimum absolute atomic E-state index is 0.191. The quantitative estimate of drug-likeness (QED) is 0.854. The molecule has 21 heavy (non-hydrogen) atoms. The number of hydrogen-bond acceptors (Lipinski definition) is 5. The molecular formula is C15H19FN4O. The number of ether oxygens (including phenoxy) is 1. The third-order valence-corrected chi connectivity index (χ3v) is 2.87. The van der Waals surface area contributed by atoms with E-state index in [1.807, 2.05) is 19.9 Å². The van der Waals surface area contributed by atoms with E-state index >= 15 is 0 Å². The van der Waals surface area contributed by atoms with Crippen molar-refractivity contribution in [3.05, 3.63) is 35.9 Å². The monoisotopic (exact) mass is 290 g/mol. The van der Waals surface area contributed by atoms with Gasteiger partial charge in [-0.05, 0) is 19.1 Å². The Balaban J connectivity index is 2.27. The van der Waals surface area contributed by atoms with Gasteiger partial charge in [0, 0.05) is 30.8 Å². The molecule has 0 saturated carbocycles. The van der Waals surface area contributed by atoms with Gasteiger partial charge in [0.15, 0.2) is 11.6 Å². The fourth-order valence-corrected chi connectivity index (χ4v) is 1.88. The van der Waals surface area contributed by atoms with Gasteiger partial charge in [0.2, 0.25) is 0 Å². The van der Waals surface area contributed by atoms with Crippen LogP contribution in [0.3, 0.4) is 0 Å². The molecule has 0 radical (unpaired) electrons. The first kappa shape index (κ1) is 15.0. The molecule has 2 rings (SSSR count). The van der Waals surface area contributed by atoms with E-state index in [0.29, 0.717) is 11.5 Å². The summed E-state index contributed by atoms with van der Waals surface area (Å²) in [4.78, 5) is 8.79. The highest BCUT2D eigenvalue weighted by atomic mass is 19.1. The van der Waals surface area contributed by atoms with Crippen LogP contribution in [-0.4, -0.2) is 23.6 Å². The number of aryl methyl sites for hydroxylation is 1. The van der Waals surface area contributed by atoms with E-state index in [1.54, 1.807) is 12.1 Å². The average molecular weight is 290 g/mol. The van der Waals surface area contributed by atoms with Crippen molar-refractivity contribution in [2.24, 2.45) is 0 Å². The van der Waals surface area contributed by atoms with E-state index in [2.05, 4.69) is 20.6 Å². The van der Waals surface area contributed by atoms with Gasteiger partial charge >= 0.3 is 0 Å². The molecule has 0 unspecified atom stereocenters. The van der Waals surface area contributed by atoms with Crippen LogP contribution >= 0.6 is 0 Å². The molecule has 0 amide bonds. The van der Waals surface area contributed by atoms with Crippen molar-refractivity contribution in [3.8, 4) is 5.75 Å². The Hall–Kier alpha value is -2.37. The smallest absolute Gasteiger partial charge is 0.165 e. The molecule has 5 nitrogen and oxygen atoms in total. The second-order valence-electron chi connectivity index (χ2n) is 4.41. The summed E-state index contributed by atoms with van der Waals surface area (Å²) in [6.45, 7) is 4.78. The van der Waals surface area contributed by atoms with Crippen molar-refractivity contribution in [1.29, 1.82) is 0 Å². The molecule has 0 aliphatic carbocycles. The van der Waals surface area contributed by atoms with Crippen LogP contribution in [0.4, 0.5) is 21.7 Å². The number of halogens is 1. The number of methoxy groups -OCH3 is 1. The van der Waals surface area contributed by atoms with Crippen LogP contribution in [0, 0.1) is 5.82 Å². The van der Waals surface area contributed by atoms with E-state index in [9.17, 15) is 4.39 Å². The molecular weight excluding hydrogens is 271 g/mol. The van der Waals surface area contributed by atoms with Crippen LogP contribution < -0.4 is 15.4 Å². The van der Waals surface area contributed by atoms with Crippen LogP contribution in [0.5, 0.6) is 5.75 Å². The Morgan fingerprint density at radius 3 is 2.57 bits per heavy atom. The largest absolute Gasteiger partial charge is 0.494 e. The average Bonchev–Trinajstić information content (AvgIpc) is 2.49. The molecule has 1 aromatic carbocycles. The summed E-state index contributed by atoms with van der Waals surface area (Å²) in [6.07, 6.45) is 0.737. The van der Waals surface area contributed by atoms with Gasteiger partial charge in [0.25, 0.3) is 0 Å². The Labute approximate surface area is 123 Å². The summed E-state index contributed by atoms with van der Waals surface area (Å²) < 4.78 is 18.4. The molecule has 0 fully saturated rings. The van der Waals surface area contributed by atoms with E-state index < -0.39 is 5.82 Å². The lowest BCUT2D eigenvalue weighted by Gasteiger charge is -2.11. The predicted molar refractivity (Wildman–Crippen MR) is 81.8 cm³/mol. The van der Waals surface area contributed by atoms with Gasteiger partial charge in [-0.25, -0.2) is 14.4 Å². The van der Waals surface area contributed by atoms with Crippen LogP contribution in [0.1, 0.15) is 19.7 Å². The third kappa shape index (κ3) is 3.81. The normalized spacial score (nSPS) is 10.3. The molecule has 1 heterocycles. The van der Waals surface area contributed by atoms with E-state index in [-0.39, 0.29) is 5.75 Å². The van der Waals surface area contributed by atoms with E-state index in [4.69, 9.17) is 4.74 Å². The minimum Gasteiger partial charge on any atom is -0.494 e. The number of hydrogen-bond donors (Lipinski definition) is 2. The number of anilines is 3. The zero-order valence-corrected chi connectivity index (χ0v) is 12.4. The number of rotatable bonds is 6. The molecule has 6 heteroatoms. The number of nitrogens with zero attached hydrogens (tertiary/aromatic N) is 2. The Bertz CT molecular complexity index is 619. The highest BCUT2D eigenvalue weighted by Crippen LogP contribution is 2.24. The zero-order valence-electron chi connectivity index (χ0n) is 12.4. The maximum absolute atomic E-state index is 13.4. The van der Waals surface area contributed by atoms with Crippen LogP contribution in [0.25, 0.3) is 0 Å². The van der Waals surface area contributed by atoms with Crippen molar-refractivity contribution in [2.75, 3.05) is 24.3 Å². The number of aromatic nitrogens is 2. The maximum Gasteiger partial charge on any atom is 0.165 e. The first-order valence-electron chi connectivity index (χ1n) is 6.88. The van der Waals surface area contributed by atoms with Gasteiger partial charge in [0.05, 0.1) is 7.11 Å². The molecule has 0 atom stereocenters. The van der Waals surface area contributed by atoms with Gasteiger partial charge in [-0.1, -0.05) is 6.92 Å². The van der Waals surface area contributed by atoms with Gasteiger partial charge in [-0.3, -0.25) is 0 Å². The molecule has 0 aliphatic rings. The predicted octanol–water partition coefficient (Wildman–Crippen LogP) is 3.36. The second kappa shape index (κ2) is 6.88. The topological polar surface area (TPSA) is 59.1 Å². The fourth-order valence-electron chi connectivity index (χ4n) is 1.88. The number of benzene rings is 1. The van der Waals surface area contributed by atoms with Gasteiger partial charge in [0.1, 0.15) is 17.5 Å². The summed E-state index contributed by atoms with van der Waals surface area (Å²) in [5, 5.41) is 6.31. The lowest BCUT2D eigenvalue weighted by molar-refractivity contribution is 0.387. The molecule has 0 saturated heterocycles. The molecule has 0 aliphatic heterocycles. The minimum atomic E-state index is -0.395. The van der Waals surface area contributed by atoms with Gasteiger partial charge < -0.3 is 15.4 Å². The Morgan fingerprint density at radius 2 is 1.90 bits per heavy atom. The highest BCUT2D eigenvalue weighted by molar-refractivity contribution is 5.61. The van der Waals surface area contributed by atoms with Crippen LogP contribution in [0.2, 0.25) is 0 Å². The van der Waals surface area contributed by atoms with Crippen molar-refractivity contribution in [3.63, 3.8) is 0 Å². The molecule has 112 valence electrons. The molecule has 0 bridgehead atoms. The standard InChI is InChI=1S/C15H19FN4O/c1-4-13-19-14(17-5-2)9-15(20-13)18-10-6-7-11(16)12(8-10)21-3/h6-9H,4-5H2,1-3H3,(H2,17,18,19,20). The van der Waals surface area contributed by atoms with Gasteiger partial charge in [-0.2, -0.15) is 0 Å². The molecule has 2 N–H and O–H groups in total. The molecule has 0 spiro atoms. The number of nitrogens with one attached hydrogen (secondary N) is 2. The summed E-state index contributed by atoms with van der Waals surface area (Å²) in [6, 6.07) is 6.40. The van der Waals surface area contributed by atoms with Gasteiger partial charge in [-0.15, -0.1) is 0 Å². The van der Waals surface area contributed by atoms with Crippen LogP contribution in [-0.2, 0) is 6.42 Å². The maximum atomic E-state index is 13.4. The first-order chi connectivity index (χ1) is 10.2. The van der Waals surface area contributed by atoms with Crippen molar-refractivity contribution in [2.45, 2.75) is 20.3 Å². The van der Waals surface area contributed by atoms with Crippen molar-refractivity contribution >= 4 is 17.3 Å². The summed E-state index contributed by atoms with van der Waals surface area (Å²) in [5.74, 6) is 1.96. The molecule has 1 aromatic heterocycles. The summed E-state index contributed by atoms with van der Waals surface area (Å²) in [7, 11) is 1.44. The third-order valence-electron chi connectivity index (χ3n) is 2.87. The fraction of sp³-hybridized carbons (Fsp3) is 0.333. The van der Waals surface area contributed by atoms with Crippen molar-refractivity contribution in [1.82, 2.24) is 9.97 Å². The Kier molecular flexibility index (Phi) is 4.92. The lowest BCUT2D eigenvalue weighted by atomic mass is 10.3. The molecule has 2 aromatic rings. The second-order valence-corrected chi connectivity index (χ2v) is 4.41. The highest BCUT2D eigenvalue weighted by Gasteiger charge is 2.06. The van der Waals surface area contributed by atoms with E-state index in [0.717, 1.165) is 24.6 Å². The van der Waals surface area contributed by atoms with E-state index in [1.165, 1.54) is 13.2 Å². The lowest BCUT2D eigenvalue weighted by Crippen LogP contribution is -2.05. The SMILES string of the molecule is CCNc1cc(Nc2ccc(F)c(OC)c2)nc(CC)n1. The zero-order chi connectivity index (χ0) is 15.2. The summed E-state index contributed by atoms with van der Waals surface area (Å²) >= 11 is 0. The first-order valence-corrected chi connectivity index (χ1v) is 6.88. The van der Waals surface area contributed by atoms with Crippen molar-refractivity contribution < 1.29 is 9.13 Å². The Morgan fingerprint density at radius 1 is 1.14 bits per heavy atom.